The van der Waals surface area contributed by atoms with E-state index in [1.807, 2.05) is 12.1 Å². The van der Waals surface area contributed by atoms with Crippen molar-refractivity contribution in [1.29, 1.82) is 0 Å². The topological polar surface area (TPSA) is 57.0 Å². The smallest absolute Gasteiger partial charge is 0.241 e. The lowest BCUT2D eigenvalue weighted by Crippen LogP contribution is -2.46. The number of piperidine rings is 1. The Balaban J connectivity index is 1.55. The van der Waals surface area contributed by atoms with Gasteiger partial charge in [-0.2, -0.15) is 0 Å². The molecule has 0 radical (unpaired) electrons. The van der Waals surface area contributed by atoms with E-state index in [-0.39, 0.29) is 23.8 Å². The Morgan fingerprint density at radius 1 is 1.26 bits per heavy atom. The second-order valence-electron chi connectivity index (χ2n) is 6.90. The average Bonchev–Trinajstić information content (AvgIpc) is 3.14. The van der Waals surface area contributed by atoms with Gasteiger partial charge in [0, 0.05) is 20.6 Å². The van der Waals surface area contributed by atoms with Gasteiger partial charge >= 0.3 is 0 Å². The second kappa shape index (κ2) is 6.35. The molecule has 0 aromatic carbocycles. The highest BCUT2D eigenvalue weighted by Crippen LogP contribution is 2.41. The minimum absolute atomic E-state index is 0.00865. The van der Waals surface area contributed by atoms with Gasteiger partial charge in [0.25, 0.3) is 0 Å². The summed E-state index contributed by atoms with van der Waals surface area (Å²) in [4.78, 5) is 30.3. The Hall–Kier alpha value is -1.82. The Morgan fingerprint density at radius 2 is 1.96 bits per heavy atom. The van der Waals surface area contributed by atoms with Crippen LogP contribution in [-0.4, -0.2) is 66.8 Å². The van der Waals surface area contributed by atoms with Crippen LogP contribution >= 0.6 is 0 Å². The molecule has 2 aliphatic heterocycles. The molecule has 1 aromatic heterocycles. The summed E-state index contributed by atoms with van der Waals surface area (Å²) in [5, 5.41) is 0. The molecule has 0 saturated carbocycles. The van der Waals surface area contributed by atoms with E-state index in [0.717, 1.165) is 44.7 Å². The molecule has 2 saturated heterocycles. The third kappa shape index (κ3) is 3.27. The quantitative estimate of drug-likeness (QED) is 0.836. The van der Waals surface area contributed by atoms with Crippen molar-refractivity contribution in [2.75, 3.05) is 40.3 Å². The molecule has 2 fully saturated rings. The molecule has 6 heteroatoms. The molecule has 0 N–H and O–H groups in total. The van der Waals surface area contributed by atoms with E-state index in [0.29, 0.717) is 6.54 Å². The molecule has 23 heavy (non-hydrogen) atoms. The first kappa shape index (κ1) is 16.1. The Morgan fingerprint density at radius 3 is 2.57 bits per heavy atom. The van der Waals surface area contributed by atoms with Crippen molar-refractivity contribution >= 4 is 11.8 Å². The summed E-state index contributed by atoms with van der Waals surface area (Å²) in [6.45, 7) is 3.53. The van der Waals surface area contributed by atoms with E-state index in [2.05, 4.69) is 4.90 Å². The van der Waals surface area contributed by atoms with Crippen molar-refractivity contribution in [3.8, 4) is 0 Å². The van der Waals surface area contributed by atoms with Gasteiger partial charge in [-0.05, 0) is 44.5 Å². The minimum Gasteiger partial charge on any atom is -0.468 e. The maximum Gasteiger partial charge on any atom is 0.241 e. The first-order chi connectivity index (χ1) is 11.0. The van der Waals surface area contributed by atoms with Crippen molar-refractivity contribution in [2.45, 2.75) is 25.8 Å². The predicted molar refractivity (Wildman–Crippen MR) is 85.5 cm³/mol. The van der Waals surface area contributed by atoms with Gasteiger partial charge in [0.05, 0.1) is 24.8 Å². The van der Waals surface area contributed by atoms with Gasteiger partial charge in [-0.3, -0.25) is 14.5 Å². The van der Waals surface area contributed by atoms with Crippen LogP contribution in [0.15, 0.2) is 22.8 Å². The van der Waals surface area contributed by atoms with Crippen LogP contribution in [-0.2, 0) is 16.1 Å². The molecule has 1 spiro atoms. The molecule has 126 valence electrons. The van der Waals surface area contributed by atoms with E-state index >= 15 is 0 Å². The fraction of sp³-hybridized carbons (Fsp3) is 0.647. The van der Waals surface area contributed by atoms with Crippen LogP contribution in [0, 0.1) is 5.41 Å². The highest BCUT2D eigenvalue weighted by atomic mass is 16.3. The molecule has 0 unspecified atom stereocenters. The van der Waals surface area contributed by atoms with Crippen molar-refractivity contribution in [1.82, 2.24) is 14.7 Å². The van der Waals surface area contributed by atoms with Crippen molar-refractivity contribution < 1.29 is 14.0 Å². The van der Waals surface area contributed by atoms with Crippen LogP contribution in [0.1, 0.15) is 25.0 Å². The fourth-order valence-corrected chi connectivity index (χ4v) is 3.57. The summed E-state index contributed by atoms with van der Waals surface area (Å²) in [6, 6.07) is 3.89. The number of carbonyl (C=O) groups is 2. The number of amides is 2. The lowest BCUT2D eigenvalue weighted by molar-refractivity contribution is -0.143. The first-order valence-electron chi connectivity index (χ1n) is 8.24. The molecular formula is C17H25N3O3. The molecule has 2 amide bonds. The average molecular weight is 319 g/mol. The molecular weight excluding hydrogens is 294 g/mol. The maximum absolute atomic E-state index is 12.8. The molecule has 3 heterocycles. The number of rotatable bonds is 4. The monoisotopic (exact) mass is 319 g/mol. The largest absolute Gasteiger partial charge is 0.468 e. The maximum atomic E-state index is 12.8. The number of hydrogen-bond donors (Lipinski definition) is 0. The van der Waals surface area contributed by atoms with Gasteiger partial charge in [0.1, 0.15) is 5.76 Å². The highest BCUT2D eigenvalue weighted by molar-refractivity contribution is 5.89. The molecule has 3 rings (SSSR count). The van der Waals surface area contributed by atoms with Crippen molar-refractivity contribution in [3.63, 3.8) is 0 Å². The molecule has 0 bridgehead atoms. The van der Waals surface area contributed by atoms with Crippen LogP contribution in [0.2, 0.25) is 0 Å². The lowest BCUT2D eigenvalue weighted by atomic mass is 9.77. The fourth-order valence-electron chi connectivity index (χ4n) is 3.57. The van der Waals surface area contributed by atoms with E-state index < -0.39 is 0 Å². The van der Waals surface area contributed by atoms with Crippen molar-refractivity contribution in [2.24, 2.45) is 5.41 Å². The minimum atomic E-state index is -0.244. The van der Waals surface area contributed by atoms with E-state index in [9.17, 15) is 9.59 Å². The normalized spacial score (nSPS) is 21.1. The number of nitrogens with zero attached hydrogens (tertiary/aromatic N) is 3. The Labute approximate surface area is 137 Å². The summed E-state index contributed by atoms with van der Waals surface area (Å²) in [6.07, 6.45) is 4.32. The molecule has 0 aliphatic carbocycles. The molecule has 6 nitrogen and oxygen atoms in total. The van der Waals surface area contributed by atoms with Gasteiger partial charge < -0.3 is 14.2 Å². The third-order valence-electron chi connectivity index (χ3n) is 5.20. The van der Waals surface area contributed by atoms with Gasteiger partial charge in [0.2, 0.25) is 11.8 Å². The predicted octanol–water partition coefficient (Wildman–Crippen LogP) is 1.18. The summed E-state index contributed by atoms with van der Waals surface area (Å²) in [5.74, 6) is 1.13. The molecule has 1 aromatic rings. The zero-order valence-electron chi connectivity index (χ0n) is 14.0. The van der Waals surface area contributed by atoms with Crippen LogP contribution < -0.4 is 0 Å². The SMILES string of the molecule is CN(C)C(=O)CN1CCC2(CCN(Cc3ccco3)CC2)C1=O. The summed E-state index contributed by atoms with van der Waals surface area (Å²) >= 11 is 0. The first-order valence-corrected chi connectivity index (χ1v) is 8.24. The molecule has 0 atom stereocenters. The Kier molecular flexibility index (Phi) is 4.43. The van der Waals surface area contributed by atoms with Crippen LogP contribution in [0.25, 0.3) is 0 Å². The molecule has 2 aliphatic rings. The third-order valence-corrected chi connectivity index (χ3v) is 5.20. The van der Waals surface area contributed by atoms with Crippen molar-refractivity contribution in [3.05, 3.63) is 24.2 Å². The van der Waals surface area contributed by atoms with Gasteiger partial charge in [-0.25, -0.2) is 0 Å². The lowest BCUT2D eigenvalue weighted by Gasteiger charge is -2.37. The summed E-state index contributed by atoms with van der Waals surface area (Å²) < 4.78 is 5.40. The van der Waals surface area contributed by atoms with E-state index in [1.165, 1.54) is 0 Å². The zero-order valence-corrected chi connectivity index (χ0v) is 14.0. The number of furan rings is 1. The summed E-state index contributed by atoms with van der Waals surface area (Å²) in [7, 11) is 3.46. The van der Waals surface area contributed by atoms with Gasteiger partial charge in [0.15, 0.2) is 0 Å². The number of hydrogen-bond acceptors (Lipinski definition) is 4. The van der Waals surface area contributed by atoms with Gasteiger partial charge in [-0.15, -0.1) is 0 Å². The standard InChI is InChI=1S/C17H25N3O3/c1-18(2)15(21)13-20-10-7-17(16(20)22)5-8-19(9-6-17)12-14-4-3-11-23-14/h3-4,11H,5-10,12-13H2,1-2H3. The van der Waals surface area contributed by atoms with Crippen LogP contribution in [0.4, 0.5) is 0 Å². The van der Waals surface area contributed by atoms with Crippen LogP contribution in [0.5, 0.6) is 0 Å². The number of likely N-dealkylation sites (N-methyl/N-ethyl adjacent to an activating group) is 1. The van der Waals surface area contributed by atoms with E-state index in [4.69, 9.17) is 4.42 Å². The Bertz CT molecular complexity index is 560. The number of likely N-dealkylation sites (tertiary alicyclic amines) is 2. The van der Waals surface area contributed by atoms with E-state index in [1.54, 1.807) is 30.2 Å². The summed E-state index contributed by atoms with van der Waals surface area (Å²) in [5.41, 5.74) is -0.244. The zero-order chi connectivity index (χ0) is 16.4. The highest BCUT2D eigenvalue weighted by Gasteiger charge is 2.48. The second-order valence-corrected chi connectivity index (χ2v) is 6.90. The van der Waals surface area contributed by atoms with Crippen LogP contribution in [0.3, 0.4) is 0 Å². The van der Waals surface area contributed by atoms with Gasteiger partial charge in [-0.1, -0.05) is 0 Å². The number of carbonyl (C=O) groups excluding carboxylic acids is 2.